The molecule has 6 heteroatoms. The Morgan fingerprint density at radius 3 is 2.60 bits per heavy atom. The van der Waals surface area contributed by atoms with E-state index in [-0.39, 0.29) is 19.0 Å². The summed E-state index contributed by atoms with van der Waals surface area (Å²) in [5.74, 6) is 0.393. The molecule has 110 valence electrons. The van der Waals surface area contributed by atoms with Crippen molar-refractivity contribution in [1.82, 2.24) is 15.5 Å². The molecular weight excluding hydrogens is 258 g/mol. The summed E-state index contributed by atoms with van der Waals surface area (Å²) in [7, 11) is 0. The van der Waals surface area contributed by atoms with E-state index in [0.29, 0.717) is 5.76 Å². The molecule has 0 aliphatic carbocycles. The highest BCUT2D eigenvalue weighted by atomic mass is 16.3. The maximum Gasteiger partial charge on any atom is 0.321 e. The molecule has 1 aliphatic rings. The Bertz CT molecular complexity index is 423. The molecule has 2 heterocycles. The Balaban J connectivity index is 1.66. The van der Waals surface area contributed by atoms with E-state index in [1.54, 1.807) is 18.4 Å². The van der Waals surface area contributed by atoms with Gasteiger partial charge in [-0.2, -0.15) is 0 Å². The number of nitrogens with one attached hydrogen (secondary N) is 2. The highest BCUT2D eigenvalue weighted by molar-refractivity contribution is 5.95. The van der Waals surface area contributed by atoms with Crippen LogP contribution in [0.15, 0.2) is 22.8 Å². The zero-order valence-corrected chi connectivity index (χ0v) is 11.6. The van der Waals surface area contributed by atoms with E-state index < -0.39 is 6.03 Å². The first kappa shape index (κ1) is 14.6. The second kappa shape index (κ2) is 7.69. The molecule has 0 radical (unpaired) electrons. The SMILES string of the molecule is O=C(CN1CCCCCC1)NC(=O)NCc1ccco1. The Kier molecular flexibility index (Phi) is 5.61. The van der Waals surface area contributed by atoms with Gasteiger partial charge in [-0.1, -0.05) is 12.8 Å². The Labute approximate surface area is 118 Å². The Morgan fingerprint density at radius 2 is 1.95 bits per heavy atom. The van der Waals surface area contributed by atoms with Crippen molar-refractivity contribution >= 4 is 11.9 Å². The van der Waals surface area contributed by atoms with Crippen molar-refractivity contribution in [3.63, 3.8) is 0 Å². The zero-order chi connectivity index (χ0) is 14.2. The topological polar surface area (TPSA) is 74.6 Å². The summed E-state index contributed by atoms with van der Waals surface area (Å²) in [5.41, 5.74) is 0. The lowest BCUT2D eigenvalue weighted by atomic mass is 10.2. The van der Waals surface area contributed by atoms with Crippen LogP contribution in [-0.4, -0.2) is 36.5 Å². The molecule has 6 nitrogen and oxygen atoms in total. The number of nitrogens with zero attached hydrogens (tertiary/aromatic N) is 1. The van der Waals surface area contributed by atoms with Crippen LogP contribution in [0, 0.1) is 0 Å². The number of rotatable bonds is 4. The Morgan fingerprint density at radius 1 is 1.20 bits per heavy atom. The minimum atomic E-state index is -0.485. The van der Waals surface area contributed by atoms with Gasteiger partial charge in [0.05, 0.1) is 19.4 Å². The quantitative estimate of drug-likeness (QED) is 0.875. The third-order valence-electron chi connectivity index (χ3n) is 3.32. The van der Waals surface area contributed by atoms with Crippen LogP contribution in [0.5, 0.6) is 0 Å². The lowest BCUT2D eigenvalue weighted by Crippen LogP contribution is -2.44. The van der Waals surface area contributed by atoms with Crippen LogP contribution < -0.4 is 10.6 Å². The first-order valence-electron chi connectivity index (χ1n) is 7.06. The molecule has 1 aromatic heterocycles. The normalized spacial score (nSPS) is 16.4. The summed E-state index contributed by atoms with van der Waals surface area (Å²) in [6.07, 6.45) is 6.23. The molecule has 1 aliphatic heterocycles. The monoisotopic (exact) mass is 279 g/mol. The summed E-state index contributed by atoms with van der Waals surface area (Å²) in [6, 6.07) is 3.03. The maximum absolute atomic E-state index is 11.8. The van der Waals surface area contributed by atoms with Crippen LogP contribution in [0.3, 0.4) is 0 Å². The van der Waals surface area contributed by atoms with Crippen LogP contribution in [0.1, 0.15) is 31.4 Å². The predicted molar refractivity (Wildman–Crippen MR) is 74.0 cm³/mol. The largest absolute Gasteiger partial charge is 0.467 e. The second-order valence-corrected chi connectivity index (χ2v) is 5.00. The number of hydrogen-bond donors (Lipinski definition) is 2. The summed E-state index contributed by atoms with van der Waals surface area (Å²) in [6.45, 7) is 2.42. The van der Waals surface area contributed by atoms with E-state index >= 15 is 0 Å². The van der Waals surface area contributed by atoms with Crippen molar-refractivity contribution in [3.8, 4) is 0 Å². The van der Waals surface area contributed by atoms with E-state index in [2.05, 4.69) is 15.5 Å². The molecule has 2 rings (SSSR count). The number of furan rings is 1. The highest BCUT2D eigenvalue weighted by Crippen LogP contribution is 2.08. The fraction of sp³-hybridized carbons (Fsp3) is 0.571. The van der Waals surface area contributed by atoms with Gasteiger partial charge in [0.2, 0.25) is 5.91 Å². The third-order valence-corrected chi connectivity index (χ3v) is 3.32. The van der Waals surface area contributed by atoms with Gasteiger partial charge < -0.3 is 9.73 Å². The lowest BCUT2D eigenvalue weighted by Gasteiger charge is -2.18. The summed E-state index contributed by atoms with van der Waals surface area (Å²) >= 11 is 0. The van der Waals surface area contributed by atoms with Crippen molar-refractivity contribution < 1.29 is 14.0 Å². The number of carbonyl (C=O) groups excluding carboxylic acids is 2. The van der Waals surface area contributed by atoms with Crippen molar-refractivity contribution in [1.29, 1.82) is 0 Å². The molecule has 1 saturated heterocycles. The van der Waals surface area contributed by atoms with Gasteiger partial charge in [0.15, 0.2) is 0 Å². The number of imide groups is 1. The van der Waals surface area contributed by atoms with Crippen molar-refractivity contribution in [2.24, 2.45) is 0 Å². The fourth-order valence-electron chi connectivity index (χ4n) is 2.29. The van der Waals surface area contributed by atoms with Crippen molar-refractivity contribution in [2.75, 3.05) is 19.6 Å². The molecule has 0 spiro atoms. The number of likely N-dealkylation sites (tertiary alicyclic amines) is 1. The standard InChI is InChI=1S/C14H21N3O3/c18-13(11-17-7-3-1-2-4-8-17)16-14(19)15-10-12-6-5-9-20-12/h5-6,9H,1-4,7-8,10-11H2,(H2,15,16,18,19). The van der Waals surface area contributed by atoms with Gasteiger partial charge in [0.25, 0.3) is 0 Å². The molecule has 0 atom stereocenters. The zero-order valence-electron chi connectivity index (χ0n) is 11.6. The number of hydrogen-bond acceptors (Lipinski definition) is 4. The van der Waals surface area contributed by atoms with Crippen molar-refractivity contribution in [3.05, 3.63) is 24.2 Å². The van der Waals surface area contributed by atoms with Gasteiger partial charge in [-0.3, -0.25) is 15.0 Å². The molecular formula is C14H21N3O3. The van der Waals surface area contributed by atoms with Gasteiger partial charge in [-0.05, 0) is 38.1 Å². The molecule has 0 saturated carbocycles. The van der Waals surface area contributed by atoms with E-state index in [1.165, 1.54) is 12.8 Å². The van der Waals surface area contributed by atoms with Gasteiger partial charge in [0.1, 0.15) is 5.76 Å². The minimum Gasteiger partial charge on any atom is -0.467 e. The molecule has 20 heavy (non-hydrogen) atoms. The number of carbonyl (C=O) groups is 2. The molecule has 0 aromatic carbocycles. The first-order valence-corrected chi connectivity index (χ1v) is 7.06. The highest BCUT2D eigenvalue weighted by Gasteiger charge is 2.14. The Hall–Kier alpha value is -1.82. The van der Waals surface area contributed by atoms with Crippen LogP contribution in [0.2, 0.25) is 0 Å². The third kappa shape index (κ3) is 5.05. The predicted octanol–water partition coefficient (Wildman–Crippen LogP) is 1.48. The lowest BCUT2D eigenvalue weighted by molar-refractivity contribution is -0.121. The van der Waals surface area contributed by atoms with E-state index in [0.717, 1.165) is 25.9 Å². The van der Waals surface area contributed by atoms with Gasteiger partial charge in [0, 0.05) is 0 Å². The van der Waals surface area contributed by atoms with Crippen LogP contribution in [0.4, 0.5) is 4.79 Å². The summed E-state index contributed by atoms with van der Waals surface area (Å²) in [5, 5.41) is 4.92. The summed E-state index contributed by atoms with van der Waals surface area (Å²) < 4.78 is 5.09. The fourth-order valence-corrected chi connectivity index (χ4v) is 2.29. The van der Waals surface area contributed by atoms with Gasteiger partial charge in [-0.25, -0.2) is 4.79 Å². The smallest absolute Gasteiger partial charge is 0.321 e. The van der Waals surface area contributed by atoms with Gasteiger partial charge in [-0.15, -0.1) is 0 Å². The molecule has 0 bridgehead atoms. The first-order chi connectivity index (χ1) is 9.74. The minimum absolute atomic E-state index is 0.260. The maximum atomic E-state index is 11.8. The van der Waals surface area contributed by atoms with Gasteiger partial charge >= 0.3 is 6.03 Å². The van der Waals surface area contributed by atoms with Crippen LogP contribution in [0.25, 0.3) is 0 Å². The molecule has 3 amide bonds. The average molecular weight is 279 g/mol. The van der Waals surface area contributed by atoms with Crippen LogP contribution >= 0.6 is 0 Å². The van der Waals surface area contributed by atoms with E-state index in [1.807, 2.05) is 0 Å². The molecule has 1 aromatic rings. The molecule has 2 N–H and O–H groups in total. The van der Waals surface area contributed by atoms with Crippen LogP contribution in [-0.2, 0) is 11.3 Å². The van der Waals surface area contributed by atoms with Crippen molar-refractivity contribution in [2.45, 2.75) is 32.2 Å². The van der Waals surface area contributed by atoms with E-state index in [9.17, 15) is 9.59 Å². The number of amides is 3. The average Bonchev–Trinajstić information content (AvgIpc) is 2.81. The number of urea groups is 1. The van der Waals surface area contributed by atoms with E-state index in [4.69, 9.17) is 4.42 Å². The second-order valence-electron chi connectivity index (χ2n) is 5.00. The summed E-state index contributed by atoms with van der Waals surface area (Å²) in [4.78, 5) is 25.4. The molecule has 0 unspecified atom stereocenters. The molecule has 1 fully saturated rings.